The van der Waals surface area contributed by atoms with E-state index in [0.717, 1.165) is 63.6 Å². The molecule has 2 aliphatic rings. The predicted octanol–water partition coefficient (Wildman–Crippen LogP) is 1.62. The minimum Gasteiger partial charge on any atom is -0.343 e. The number of carbonyl (C=O) groups excluding carboxylic acids is 1. The maximum absolute atomic E-state index is 11.6. The largest absolute Gasteiger partial charge is 0.343 e. The van der Waals surface area contributed by atoms with Gasteiger partial charge in [-0.25, -0.2) is 9.67 Å². The summed E-state index contributed by atoms with van der Waals surface area (Å²) in [5, 5.41) is 4.50. The van der Waals surface area contributed by atoms with Crippen LogP contribution in [0.25, 0.3) is 0 Å². The standard InChI is InChI=1S/C17H29N5O/c1-14-18-15(2)22(19-14)13-16-6-3-8-20(12-16)9-5-11-21-10-4-7-17(21)23/h16H,3-13H2,1-2H3. The van der Waals surface area contributed by atoms with Crippen molar-refractivity contribution in [1.29, 1.82) is 0 Å². The van der Waals surface area contributed by atoms with Crippen molar-refractivity contribution in [3.05, 3.63) is 11.6 Å². The van der Waals surface area contributed by atoms with Gasteiger partial charge in [0.1, 0.15) is 11.6 Å². The SMILES string of the molecule is Cc1nc(C)n(CC2CCCN(CCCN3CCCC3=O)C2)n1. The smallest absolute Gasteiger partial charge is 0.222 e. The molecule has 0 N–H and O–H groups in total. The van der Waals surface area contributed by atoms with Gasteiger partial charge in [-0.2, -0.15) is 5.10 Å². The van der Waals surface area contributed by atoms with Crippen LogP contribution in [0.1, 0.15) is 43.8 Å². The average Bonchev–Trinajstić information content (AvgIpc) is 3.05. The highest BCUT2D eigenvalue weighted by atomic mass is 16.2. The van der Waals surface area contributed by atoms with Crippen LogP contribution in [0, 0.1) is 19.8 Å². The van der Waals surface area contributed by atoms with Crippen LogP contribution in [0.5, 0.6) is 0 Å². The number of aryl methyl sites for hydroxylation is 2. The van der Waals surface area contributed by atoms with E-state index in [4.69, 9.17) is 0 Å². The number of aromatic nitrogens is 3. The molecule has 6 heteroatoms. The van der Waals surface area contributed by atoms with E-state index in [0.29, 0.717) is 11.8 Å². The molecule has 1 aromatic rings. The summed E-state index contributed by atoms with van der Waals surface area (Å²) < 4.78 is 2.06. The Labute approximate surface area is 138 Å². The molecule has 128 valence electrons. The molecule has 1 unspecified atom stereocenters. The van der Waals surface area contributed by atoms with Crippen molar-refractivity contribution in [1.82, 2.24) is 24.6 Å². The molecule has 0 bridgehead atoms. The summed E-state index contributed by atoms with van der Waals surface area (Å²) in [6.45, 7) is 10.3. The second-order valence-corrected chi connectivity index (χ2v) is 7.04. The molecule has 3 heterocycles. The van der Waals surface area contributed by atoms with E-state index in [9.17, 15) is 4.79 Å². The minimum atomic E-state index is 0.346. The number of nitrogens with zero attached hydrogens (tertiary/aromatic N) is 5. The van der Waals surface area contributed by atoms with Crippen LogP contribution in [-0.2, 0) is 11.3 Å². The van der Waals surface area contributed by atoms with E-state index in [1.165, 1.54) is 19.4 Å². The summed E-state index contributed by atoms with van der Waals surface area (Å²) in [6.07, 6.45) is 5.43. The quantitative estimate of drug-likeness (QED) is 0.799. The van der Waals surface area contributed by atoms with E-state index in [2.05, 4.69) is 19.7 Å². The first-order valence-electron chi connectivity index (χ1n) is 9.00. The Morgan fingerprint density at radius 1 is 1.17 bits per heavy atom. The first-order valence-corrected chi connectivity index (χ1v) is 9.00. The monoisotopic (exact) mass is 319 g/mol. The lowest BCUT2D eigenvalue weighted by molar-refractivity contribution is -0.127. The highest BCUT2D eigenvalue weighted by Gasteiger charge is 2.23. The molecule has 1 atom stereocenters. The average molecular weight is 319 g/mol. The Bertz CT molecular complexity index is 541. The summed E-state index contributed by atoms with van der Waals surface area (Å²) >= 11 is 0. The van der Waals surface area contributed by atoms with Crippen molar-refractivity contribution in [3.63, 3.8) is 0 Å². The van der Waals surface area contributed by atoms with Gasteiger partial charge in [0.2, 0.25) is 5.91 Å². The number of rotatable bonds is 6. The third kappa shape index (κ3) is 4.31. The van der Waals surface area contributed by atoms with Crippen LogP contribution in [0.4, 0.5) is 0 Å². The maximum atomic E-state index is 11.6. The van der Waals surface area contributed by atoms with Crippen LogP contribution in [0.15, 0.2) is 0 Å². The van der Waals surface area contributed by atoms with Crippen LogP contribution in [0.2, 0.25) is 0 Å². The Kier molecular flexibility index (Phi) is 5.30. The molecule has 1 amide bonds. The first-order chi connectivity index (χ1) is 11.1. The van der Waals surface area contributed by atoms with Crippen LogP contribution >= 0.6 is 0 Å². The van der Waals surface area contributed by atoms with E-state index in [1.807, 2.05) is 18.7 Å². The van der Waals surface area contributed by atoms with Crippen LogP contribution < -0.4 is 0 Å². The third-order valence-corrected chi connectivity index (χ3v) is 5.07. The lowest BCUT2D eigenvalue weighted by Gasteiger charge is -2.33. The fourth-order valence-electron chi connectivity index (χ4n) is 3.91. The van der Waals surface area contributed by atoms with Crippen molar-refractivity contribution in [2.45, 2.75) is 52.5 Å². The van der Waals surface area contributed by atoms with Gasteiger partial charge in [0.15, 0.2) is 0 Å². The fraction of sp³-hybridized carbons (Fsp3) is 0.824. The second-order valence-electron chi connectivity index (χ2n) is 7.04. The number of hydrogen-bond donors (Lipinski definition) is 0. The second kappa shape index (κ2) is 7.43. The van der Waals surface area contributed by atoms with Gasteiger partial charge in [0.25, 0.3) is 0 Å². The maximum Gasteiger partial charge on any atom is 0.222 e. The van der Waals surface area contributed by atoms with E-state index < -0.39 is 0 Å². The van der Waals surface area contributed by atoms with E-state index >= 15 is 0 Å². The minimum absolute atomic E-state index is 0.346. The third-order valence-electron chi connectivity index (χ3n) is 5.07. The van der Waals surface area contributed by atoms with Gasteiger partial charge in [0.05, 0.1) is 0 Å². The summed E-state index contributed by atoms with van der Waals surface area (Å²) in [6, 6.07) is 0. The molecule has 0 saturated carbocycles. The number of carbonyl (C=O) groups is 1. The van der Waals surface area contributed by atoms with E-state index in [1.54, 1.807) is 0 Å². The summed E-state index contributed by atoms with van der Waals surface area (Å²) in [5.74, 6) is 2.90. The Balaban J connectivity index is 1.42. The molecule has 2 saturated heterocycles. The molecule has 1 aromatic heterocycles. The highest BCUT2D eigenvalue weighted by Crippen LogP contribution is 2.19. The number of piperidine rings is 1. The zero-order valence-corrected chi connectivity index (χ0v) is 14.5. The molecule has 6 nitrogen and oxygen atoms in total. The predicted molar refractivity (Wildman–Crippen MR) is 89.1 cm³/mol. The fourth-order valence-corrected chi connectivity index (χ4v) is 3.91. The van der Waals surface area contributed by atoms with Crippen molar-refractivity contribution >= 4 is 5.91 Å². The highest BCUT2D eigenvalue weighted by molar-refractivity contribution is 5.77. The van der Waals surface area contributed by atoms with Gasteiger partial charge in [-0.1, -0.05) is 0 Å². The molecule has 2 aliphatic heterocycles. The van der Waals surface area contributed by atoms with E-state index in [-0.39, 0.29) is 0 Å². The van der Waals surface area contributed by atoms with Gasteiger partial charge in [-0.3, -0.25) is 4.79 Å². The van der Waals surface area contributed by atoms with Gasteiger partial charge < -0.3 is 9.80 Å². The van der Waals surface area contributed by atoms with Crippen molar-refractivity contribution in [2.24, 2.45) is 5.92 Å². The zero-order valence-electron chi connectivity index (χ0n) is 14.5. The first kappa shape index (κ1) is 16.4. The van der Waals surface area contributed by atoms with Crippen molar-refractivity contribution in [3.8, 4) is 0 Å². The van der Waals surface area contributed by atoms with Crippen molar-refractivity contribution < 1.29 is 4.79 Å². The summed E-state index contributed by atoms with van der Waals surface area (Å²) in [7, 11) is 0. The molecular weight excluding hydrogens is 290 g/mol. The summed E-state index contributed by atoms with van der Waals surface area (Å²) in [4.78, 5) is 20.6. The molecule has 0 aromatic carbocycles. The molecule has 0 spiro atoms. The van der Waals surface area contributed by atoms with Gasteiger partial charge in [-0.05, 0) is 58.5 Å². The molecule has 23 heavy (non-hydrogen) atoms. The van der Waals surface area contributed by atoms with Crippen molar-refractivity contribution in [2.75, 3.05) is 32.7 Å². The number of hydrogen-bond acceptors (Lipinski definition) is 4. The Hall–Kier alpha value is -1.43. The Morgan fingerprint density at radius 3 is 2.74 bits per heavy atom. The topological polar surface area (TPSA) is 54.3 Å². The van der Waals surface area contributed by atoms with Gasteiger partial charge >= 0.3 is 0 Å². The molecule has 3 rings (SSSR count). The zero-order chi connectivity index (χ0) is 16.2. The van der Waals surface area contributed by atoms with Gasteiger partial charge in [-0.15, -0.1) is 0 Å². The normalized spacial score (nSPS) is 23.0. The molecule has 0 radical (unpaired) electrons. The lowest BCUT2D eigenvalue weighted by Crippen LogP contribution is -2.39. The van der Waals surface area contributed by atoms with Crippen LogP contribution in [-0.4, -0.2) is 63.2 Å². The number of likely N-dealkylation sites (tertiary alicyclic amines) is 2. The lowest BCUT2D eigenvalue weighted by atomic mass is 9.98. The molecular formula is C17H29N5O. The summed E-state index contributed by atoms with van der Waals surface area (Å²) in [5.41, 5.74) is 0. The molecule has 0 aliphatic carbocycles. The Morgan fingerprint density at radius 2 is 2.04 bits per heavy atom. The number of amides is 1. The van der Waals surface area contributed by atoms with Gasteiger partial charge in [0, 0.05) is 32.6 Å². The molecule has 2 fully saturated rings. The van der Waals surface area contributed by atoms with Crippen LogP contribution in [0.3, 0.4) is 0 Å².